The summed E-state index contributed by atoms with van der Waals surface area (Å²) in [5.41, 5.74) is 0. The fourth-order valence-corrected chi connectivity index (χ4v) is 2.33. The third-order valence-corrected chi connectivity index (χ3v) is 3.63. The van der Waals surface area contributed by atoms with Crippen LogP contribution in [0.3, 0.4) is 0 Å². The molecule has 0 aromatic rings. The number of carboxylic acids is 1. The number of carbonyl (C=O) groups is 1. The molecule has 116 valence electrons. The fraction of sp³-hybridized carbons (Fsp3) is 0.929. The van der Waals surface area contributed by atoms with E-state index >= 15 is 0 Å². The third-order valence-electron chi connectivity index (χ3n) is 3.63. The summed E-state index contributed by atoms with van der Waals surface area (Å²) in [6.45, 7) is 2.96. The van der Waals surface area contributed by atoms with Gasteiger partial charge in [-0.3, -0.25) is 0 Å². The molecule has 0 amide bonds. The van der Waals surface area contributed by atoms with Crippen LogP contribution in [-0.4, -0.2) is 57.0 Å². The molecule has 2 rings (SSSR count). The zero-order valence-corrected chi connectivity index (χ0v) is 11.8. The van der Waals surface area contributed by atoms with Gasteiger partial charge in [0.2, 0.25) is 0 Å². The van der Waals surface area contributed by atoms with Gasteiger partial charge in [-0.1, -0.05) is 0 Å². The lowest BCUT2D eigenvalue weighted by Gasteiger charge is -2.22. The molecule has 0 spiro atoms. The maximum absolute atomic E-state index is 10.3. The number of hydrogen-bond donors (Lipinski definition) is 1. The van der Waals surface area contributed by atoms with Crippen molar-refractivity contribution in [2.45, 2.75) is 32.0 Å². The highest BCUT2D eigenvalue weighted by Crippen LogP contribution is 2.38. The summed E-state index contributed by atoms with van der Waals surface area (Å²) in [7, 11) is 0. The summed E-state index contributed by atoms with van der Waals surface area (Å²) in [4.78, 5) is 10.3. The van der Waals surface area contributed by atoms with Crippen LogP contribution < -0.4 is 0 Å². The van der Waals surface area contributed by atoms with Crippen LogP contribution >= 0.6 is 0 Å². The van der Waals surface area contributed by atoms with Gasteiger partial charge in [0.1, 0.15) is 6.61 Å². The van der Waals surface area contributed by atoms with Gasteiger partial charge in [0.15, 0.2) is 6.29 Å². The first-order valence-electron chi connectivity index (χ1n) is 7.36. The zero-order chi connectivity index (χ0) is 14.2. The average Bonchev–Trinajstić information content (AvgIpc) is 3.18. The highest BCUT2D eigenvalue weighted by Gasteiger charge is 2.37. The molecule has 6 nitrogen and oxygen atoms in total. The van der Waals surface area contributed by atoms with Gasteiger partial charge in [-0.05, 0) is 37.5 Å². The summed E-state index contributed by atoms with van der Waals surface area (Å²) in [6.07, 6.45) is 4.29. The van der Waals surface area contributed by atoms with E-state index in [9.17, 15) is 4.79 Å². The fourth-order valence-electron chi connectivity index (χ4n) is 2.33. The van der Waals surface area contributed by atoms with E-state index < -0.39 is 5.97 Å². The quantitative estimate of drug-likeness (QED) is 0.610. The van der Waals surface area contributed by atoms with Crippen molar-refractivity contribution in [3.8, 4) is 0 Å². The van der Waals surface area contributed by atoms with Crippen LogP contribution in [0.1, 0.15) is 25.7 Å². The van der Waals surface area contributed by atoms with E-state index in [2.05, 4.69) is 0 Å². The van der Waals surface area contributed by atoms with Crippen molar-refractivity contribution in [1.29, 1.82) is 0 Å². The van der Waals surface area contributed by atoms with Gasteiger partial charge < -0.3 is 24.1 Å². The maximum atomic E-state index is 10.3. The first kappa shape index (κ1) is 15.7. The summed E-state index contributed by atoms with van der Waals surface area (Å²) < 4.78 is 21.6. The standard InChI is InChI=1S/C14H24O6/c15-13(16)10-18-9-12-7-11(12)8-17-5-6-20-14-3-1-2-4-19-14/h11-12,14H,1-10H2,(H,15,16)/t11-,12+,14?/m1/s1. The van der Waals surface area contributed by atoms with E-state index in [1.54, 1.807) is 0 Å². The monoisotopic (exact) mass is 288 g/mol. The first-order chi connectivity index (χ1) is 9.75. The van der Waals surface area contributed by atoms with E-state index in [-0.39, 0.29) is 12.9 Å². The Morgan fingerprint density at radius 2 is 1.95 bits per heavy atom. The molecule has 1 N–H and O–H groups in total. The molecular formula is C14H24O6. The van der Waals surface area contributed by atoms with Gasteiger partial charge in [0.05, 0.1) is 19.8 Å². The van der Waals surface area contributed by atoms with Gasteiger partial charge >= 0.3 is 5.97 Å². The normalized spacial score (nSPS) is 29.3. The largest absolute Gasteiger partial charge is 0.480 e. The van der Waals surface area contributed by atoms with Crippen LogP contribution in [0.25, 0.3) is 0 Å². The van der Waals surface area contributed by atoms with Gasteiger partial charge in [0.25, 0.3) is 0 Å². The van der Waals surface area contributed by atoms with Crippen molar-refractivity contribution in [3.63, 3.8) is 0 Å². The Labute approximate surface area is 119 Å². The molecule has 0 aromatic heterocycles. The van der Waals surface area contributed by atoms with E-state index in [0.717, 1.165) is 25.9 Å². The molecule has 1 heterocycles. The lowest BCUT2D eigenvalue weighted by Crippen LogP contribution is -2.24. The minimum atomic E-state index is -0.916. The first-order valence-corrected chi connectivity index (χ1v) is 7.36. The molecule has 20 heavy (non-hydrogen) atoms. The summed E-state index contributed by atoms with van der Waals surface area (Å²) >= 11 is 0. The highest BCUT2D eigenvalue weighted by atomic mass is 16.7. The molecule has 0 bridgehead atoms. The van der Waals surface area contributed by atoms with Crippen molar-refractivity contribution < 1.29 is 28.8 Å². The summed E-state index contributed by atoms with van der Waals surface area (Å²) in [5, 5.41) is 8.45. The average molecular weight is 288 g/mol. The predicted molar refractivity (Wildman–Crippen MR) is 70.4 cm³/mol. The minimum absolute atomic E-state index is 0.0505. The van der Waals surface area contributed by atoms with Crippen LogP contribution in [-0.2, 0) is 23.7 Å². The van der Waals surface area contributed by atoms with E-state index in [0.29, 0.717) is 38.3 Å². The smallest absolute Gasteiger partial charge is 0.329 e. The van der Waals surface area contributed by atoms with E-state index in [1.807, 2.05) is 0 Å². The zero-order valence-electron chi connectivity index (χ0n) is 11.8. The molecule has 0 radical (unpaired) electrons. The number of rotatable bonds is 10. The lowest BCUT2D eigenvalue weighted by atomic mass is 10.2. The van der Waals surface area contributed by atoms with Gasteiger partial charge in [0, 0.05) is 13.2 Å². The number of carboxylic acid groups (broad SMARTS) is 1. The Morgan fingerprint density at radius 3 is 2.65 bits per heavy atom. The second kappa shape index (κ2) is 8.56. The molecule has 1 aliphatic heterocycles. The van der Waals surface area contributed by atoms with E-state index in [1.165, 1.54) is 6.42 Å². The van der Waals surface area contributed by atoms with Crippen molar-refractivity contribution in [1.82, 2.24) is 0 Å². The second-order valence-corrected chi connectivity index (χ2v) is 5.41. The molecule has 6 heteroatoms. The lowest BCUT2D eigenvalue weighted by molar-refractivity contribution is -0.169. The number of hydrogen-bond acceptors (Lipinski definition) is 5. The van der Waals surface area contributed by atoms with Crippen molar-refractivity contribution in [2.75, 3.05) is 39.6 Å². The minimum Gasteiger partial charge on any atom is -0.480 e. The Kier molecular flexibility index (Phi) is 6.72. The highest BCUT2D eigenvalue weighted by molar-refractivity contribution is 5.67. The Hall–Kier alpha value is -0.690. The van der Waals surface area contributed by atoms with Crippen LogP contribution in [0.2, 0.25) is 0 Å². The van der Waals surface area contributed by atoms with Crippen molar-refractivity contribution in [3.05, 3.63) is 0 Å². The molecule has 1 unspecified atom stereocenters. The van der Waals surface area contributed by atoms with Crippen LogP contribution in [0.4, 0.5) is 0 Å². The molecular weight excluding hydrogens is 264 g/mol. The van der Waals surface area contributed by atoms with Gasteiger partial charge in [-0.15, -0.1) is 0 Å². The second-order valence-electron chi connectivity index (χ2n) is 5.41. The number of aliphatic carboxylic acids is 1. The molecule has 1 saturated heterocycles. The number of ether oxygens (including phenoxy) is 4. The topological polar surface area (TPSA) is 74.2 Å². The molecule has 1 saturated carbocycles. The molecule has 3 atom stereocenters. The van der Waals surface area contributed by atoms with Crippen LogP contribution in [0.5, 0.6) is 0 Å². The maximum Gasteiger partial charge on any atom is 0.329 e. The summed E-state index contributed by atoms with van der Waals surface area (Å²) in [5.74, 6) is 0.0483. The van der Waals surface area contributed by atoms with Crippen LogP contribution in [0, 0.1) is 11.8 Å². The SMILES string of the molecule is O=C(O)COC[C@@H]1C[C@@H]1COCCOC1CCCCO1. The Morgan fingerprint density at radius 1 is 1.15 bits per heavy atom. The summed E-state index contributed by atoms with van der Waals surface area (Å²) in [6, 6.07) is 0. The van der Waals surface area contributed by atoms with Gasteiger partial charge in [-0.2, -0.15) is 0 Å². The van der Waals surface area contributed by atoms with Gasteiger partial charge in [-0.25, -0.2) is 4.79 Å². The Balaban J connectivity index is 1.38. The molecule has 0 aromatic carbocycles. The third kappa shape index (κ3) is 6.17. The van der Waals surface area contributed by atoms with Crippen molar-refractivity contribution in [2.24, 2.45) is 11.8 Å². The molecule has 1 aliphatic carbocycles. The Bertz CT molecular complexity index is 289. The molecule has 2 aliphatic rings. The predicted octanol–water partition coefficient (Wildman–Crippen LogP) is 1.28. The molecule has 2 fully saturated rings. The van der Waals surface area contributed by atoms with Crippen molar-refractivity contribution >= 4 is 5.97 Å². The van der Waals surface area contributed by atoms with Crippen LogP contribution in [0.15, 0.2) is 0 Å². The van der Waals surface area contributed by atoms with E-state index in [4.69, 9.17) is 24.1 Å².